The predicted molar refractivity (Wildman–Crippen MR) is 93.0 cm³/mol. The first kappa shape index (κ1) is 15.6. The average Bonchev–Trinajstić information content (AvgIpc) is 2.55. The molecule has 0 saturated carbocycles. The van der Waals surface area contributed by atoms with E-state index in [4.69, 9.17) is 4.42 Å². The van der Waals surface area contributed by atoms with Crippen LogP contribution in [-0.4, -0.2) is 11.0 Å². The number of phenolic OH excluding ortho intramolecular Hbond substituents is 1. The first-order chi connectivity index (χ1) is 11.5. The van der Waals surface area contributed by atoms with Crippen LogP contribution in [0.25, 0.3) is 17.0 Å². The average molecular weight is 321 g/mol. The normalized spacial score (nSPS) is 11.0. The number of hydrogen-bond acceptors (Lipinski definition) is 4. The first-order valence-corrected chi connectivity index (χ1v) is 7.33. The van der Waals surface area contributed by atoms with E-state index in [0.29, 0.717) is 22.2 Å². The topological polar surface area (TPSA) is 79.5 Å². The number of aryl methyl sites for hydroxylation is 1. The van der Waals surface area contributed by atoms with Crippen LogP contribution in [0.3, 0.4) is 0 Å². The lowest BCUT2D eigenvalue weighted by molar-refractivity contribution is -0.111. The Balaban J connectivity index is 1.84. The molecule has 1 aromatic heterocycles. The molecule has 2 N–H and O–H groups in total. The van der Waals surface area contributed by atoms with Gasteiger partial charge in [-0.1, -0.05) is 17.7 Å². The van der Waals surface area contributed by atoms with Crippen molar-refractivity contribution in [1.82, 2.24) is 0 Å². The number of nitrogens with one attached hydrogen (secondary N) is 1. The van der Waals surface area contributed by atoms with Gasteiger partial charge < -0.3 is 14.8 Å². The van der Waals surface area contributed by atoms with Crippen molar-refractivity contribution in [3.63, 3.8) is 0 Å². The third-order valence-corrected chi connectivity index (χ3v) is 3.48. The Hall–Kier alpha value is -3.34. The fourth-order valence-electron chi connectivity index (χ4n) is 2.31. The second-order valence-electron chi connectivity index (χ2n) is 5.39. The molecule has 3 rings (SSSR count). The minimum absolute atomic E-state index is 0.0577. The van der Waals surface area contributed by atoms with Gasteiger partial charge in [-0.25, -0.2) is 0 Å². The van der Waals surface area contributed by atoms with Crippen molar-refractivity contribution in [3.05, 3.63) is 76.2 Å². The monoisotopic (exact) mass is 321 g/mol. The zero-order valence-electron chi connectivity index (χ0n) is 12.9. The van der Waals surface area contributed by atoms with Gasteiger partial charge in [0.25, 0.3) is 0 Å². The summed E-state index contributed by atoms with van der Waals surface area (Å²) in [6.45, 7) is 1.89. The van der Waals surface area contributed by atoms with E-state index < -0.39 is 5.91 Å². The Labute approximate surface area is 137 Å². The molecule has 0 radical (unpaired) electrons. The van der Waals surface area contributed by atoms with Crippen LogP contribution in [0.1, 0.15) is 11.1 Å². The summed E-state index contributed by atoms with van der Waals surface area (Å²) >= 11 is 0. The lowest BCUT2D eigenvalue weighted by atomic mass is 10.1. The molecule has 5 heteroatoms. The van der Waals surface area contributed by atoms with Crippen LogP contribution in [-0.2, 0) is 4.79 Å². The Morgan fingerprint density at radius 2 is 2.04 bits per heavy atom. The number of benzene rings is 2. The van der Waals surface area contributed by atoms with Crippen LogP contribution >= 0.6 is 0 Å². The number of carbonyl (C=O) groups excluding carboxylic acids is 1. The lowest BCUT2D eigenvalue weighted by Crippen LogP contribution is -2.09. The molecule has 5 nitrogen and oxygen atoms in total. The van der Waals surface area contributed by atoms with E-state index in [1.807, 2.05) is 13.0 Å². The summed E-state index contributed by atoms with van der Waals surface area (Å²) in [7, 11) is 0. The van der Waals surface area contributed by atoms with E-state index in [0.717, 1.165) is 5.56 Å². The maximum Gasteiger partial charge on any atom is 0.248 e. The number of amides is 1. The molecule has 0 aliphatic carbocycles. The van der Waals surface area contributed by atoms with Crippen molar-refractivity contribution in [2.24, 2.45) is 0 Å². The molecule has 0 bridgehead atoms. The third-order valence-electron chi connectivity index (χ3n) is 3.48. The van der Waals surface area contributed by atoms with E-state index in [1.54, 1.807) is 24.3 Å². The smallest absolute Gasteiger partial charge is 0.248 e. The molecule has 1 amide bonds. The van der Waals surface area contributed by atoms with Gasteiger partial charge in [-0.2, -0.15) is 0 Å². The summed E-state index contributed by atoms with van der Waals surface area (Å²) in [4.78, 5) is 24.3. The number of phenols is 1. The maximum atomic E-state index is 12.4. The highest BCUT2D eigenvalue weighted by molar-refractivity contribution is 6.02. The van der Waals surface area contributed by atoms with Crippen LogP contribution in [0.15, 0.2) is 64.0 Å². The zero-order valence-corrected chi connectivity index (χ0v) is 12.9. The standard InChI is InChI=1S/C19H15NO4/c1-12-5-7-17-16(9-12)19(23)13(11-24-17)6-8-18(22)20-14-3-2-4-15(21)10-14/h2-11,21H,1H3,(H,20,22)/b8-6+. The summed E-state index contributed by atoms with van der Waals surface area (Å²) in [5.41, 5.74) is 2.02. The molecule has 24 heavy (non-hydrogen) atoms. The summed E-state index contributed by atoms with van der Waals surface area (Å²) in [5, 5.41) is 12.4. The number of hydrogen-bond donors (Lipinski definition) is 2. The van der Waals surface area contributed by atoms with Crippen LogP contribution in [0.5, 0.6) is 5.75 Å². The summed E-state index contributed by atoms with van der Waals surface area (Å²) in [6.07, 6.45) is 3.99. The quantitative estimate of drug-likeness (QED) is 0.724. The molecule has 0 unspecified atom stereocenters. The number of fused-ring (bicyclic) bond motifs is 1. The van der Waals surface area contributed by atoms with E-state index in [2.05, 4.69) is 5.32 Å². The van der Waals surface area contributed by atoms with Crippen molar-refractivity contribution < 1.29 is 14.3 Å². The van der Waals surface area contributed by atoms with Crippen LogP contribution in [0, 0.1) is 6.92 Å². The van der Waals surface area contributed by atoms with Crippen molar-refractivity contribution in [2.45, 2.75) is 6.92 Å². The molecule has 120 valence electrons. The number of rotatable bonds is 3. The van der Waals surface area contributed by atoms with Crippen LogP contribution in [0.2, 0.25) is 0 Å². The van der Waals surface area contributed by atoms with Crippen LogP contribution < -0.4 is 10.7 Å². The Morgan fingerprint density at radius 3 is 2.83 bits per heavy atom. The van der Waals surface area contributed by atoms with Crippen molar-refractivity contribution in [2.75, 3.05) is 5.32 Å². The Morgan fingerprint density at radius 1 is 1.21 bits per heavy atom. The van der Waals surface area contributed by atoms with Crippen molar-refractivity contribution in [3.8, 4) is 5.75 Å². The third kappa shape index (κ3) is 3.35. The van der Waals surface area contributed by atoms with Gasteiger partial charge in [-0.3, -0.25) is 9.59 Å². The van der Waals surface area contributed by atoms with Gasteiger partial charge in [-0.15, -0.1) is 0 Å². The van der Waals surface area contributed by atoms with Gasteiger partial charge >= 0.3 is 0 Å². The molecule has 2 aromatic carbocycles. The highest BCUT2D eigenvalue weighted by Gasteiger charge is 2.06. The fraction of sp³-hybridized carbons (Fsp3) is 0.0526. The SMILES string of the molecule is Cc1ccc2occ(/C=C/C(=O)Nc3cccc(O)c3)c(=O)c2c1. The van der Waals surface area contributed by atoms with Crippen LogP contribution in [0.4, 0.5) is 5.69 Å². The van der Waals surface area contributed by atoms with Gasteiger partial charge in [-0.05, 0) is 37.3 Å². The van der Waals surface area contributed by atoms with Gasteiger partial charge in [0.2, 0.25) is 5.91 Å². The summed E-state index contributed by atoms with van der Waals surface area (Å²) in [6, 6.07) is 11.6. The molecule has 1 heterocycles. The second kappa shape index (κ2) is 6.42. The van der Waals surface area contributed by atoms with E-state index in [1.165, 1.54) is 30.5 Å². The molecule has 0 atom stereocenters. The van der Waals surface area contributed by atoms with Gasteiger partial charge in [0.1, 0.15) is 17.6 Å². The molecule has 0 spiro atoms. The number of anilines is 1. The second-order valence-corrected chi connectivity index (χ2v) is 5.39. The molecule has 3 aromatic rings. The highest BCUT2D eigenvalue weighted by Crippen LogP contribution is 2.16. The van der Waals surface area contributed by atoms with Gasteiger partial charge in [0, 0.05) is 17.8 Å². The largest absolute Gasteiger partial charge is 0.508 e. The van der Waals surface area contributed by atoms with Gasteiger partial charge in [0.15, 0.2) is 5.43 Å². The fourth-order valence-corrected chi connectivity index (χ4v) is 2.31. The van der Waals surface area contributed by atoms with E-state index in [9.17, 15) is 14.7 Å². The van der Waals surface area contributed by atoms with E-state index in [-0.39, 0.29) is 11.2 Å². The molecular formula is C19H15NO4. The Bertz CT molecular complexity index is 1000. The molecule has 0 saturated heterocycles. The van der Waals surface area contributed by atoms with E-state index >= 15 is 0 Å². The minimum Gasteiger partial charge on any atom is -0.508 e. The molecule has 0 aliphatic rings. The highest BCUT2D eigenvalue weighted by atomic mass is 16.3. The molecular weight excluding hydrogens is 306 g/mol. The predicted octanol–water partition coefficient (Wildman–Crippen LogP) is 3.46. The number of carbonyl (C=O) groups is 1. The van der Waals surface area contributed by atoms with Gasteiger partial charge in [0.05, 0.1) is 10.9 Å². The Kier molecular flexibility index (Phi) is 4.16. The summed E-state index contributed by atoms with van der Waals surface area (Å²) < 4.78 is 5.43. The van der Waals surface area contributed by atoms with Crippen molar-refractivity contribution >= 4 is 28.6 Å². The first-order valence-electron chi connectivity index (χ1n) is 7.33. The minimum atomic E-state index is -0.413. The summed E-state index contributed by atoms with van der Waals surface area (Å²) in [5.74, 6) is -0.355. The van der Waals surface area contributed by atoms with Crippen molar-refractivity contribution in [1.29, 1.82) is 0 Å². The number of aromatic hydroxyl groups is 1. The maximum absolute atomic E-state index is 12.4. The zero-order chi connectivity index (χ0) is 17.1. The molecule has 0 aliphatic heterocycles. The molecule has 0 fully saturated rings. The lowest BCUT2D eigenvalue weighted by Gasteiger charge is -2.02.